The van der Waals surface area contributed by atoms with Crippen molar-refractivity contribution in [3.8, 4) is 0 Å². The Balaban J connectivity index is 1.28. The fraction of sp³-hybridized carbons (Fsp3) is 0.652. The summed E-state index contributed by atoms with van der Waals surface area (Å²) < 4.78 is 39.4. The van der Waals surface area contributed by atoms with Crippen molar-refractivity contribution < 1.29 is 22.4 Å². The number of hydrogen-bond donors (Lipinski definition) is 3. The molecule has 5 atom stereocenters. The highest BCUT2D eigenvalue weighted by Gasteiger charge is 2.68. The normalized spacial score (nSPS) is 32.7. The third-order valence-corrected chi connectivity index (χ3v) is 9.85. The highest BCUT2D eigenvalue weighted by molar-refractivity contribution is 7.89. The average Bonchev–Trinajstić information content (AvgIpc) is 3.36. The van der Waals surface area contributed by atoms with E-state index in [1.165, 1.54) is 18.2 Å². The minimum absolute atomic E-state index is 0.000206. The number of nitrogens with one attached hydrogen (secondary N) is 3. The lowest BCUT2D eigenvalue weighted by Gasteiger charge is -2.53. The molecule has 2 aromatic rings. The number of sulfonamides is 1. The summed E-state index contributed by atoms with van der Waals surface area (Å²) in [5.41, 5.74) is 0.706. The highest BCUT2D eigenvalue weighted by atomic mass is 32.2. The van der Waals surface area contributed by atoms with Crippen molar-refractivity contribution in [2.75, 3.05) is 13.2 Å². The second-order valence-electron chi connectivity index (χ2n) is 10.4. The molecule has 180 valence electrons. The van der Waals surface area contributed by atoms with E-state index in [-0.39, 0.29) is 45.9 Å². The number of carbonyl (C=O) groups excluding carboxylic acids is 1. The van der Waals surface area contributed by atoms with Crippen molar-refractivity contribution in [1.82, 2.24) is 15.0 Å². The highest BCUT2D eigenvalue weighted by Crippen LogP contribution is 2.68. The molecule has 3 aliphatic rings. The number of fused-ring (bicyclic) bond motifs is 2. The van der Waals surface area contributed by atoms with Gasteiger partial charge >= 0.3 is 5.76 Å². The summed E-state index contributed by atoms with van der Waals surface area (Å²) in [6.45, 7) is 6.95. The molecule has 10 heteroatoms. The summed E-state index contributed by atoms with van der Waals surface area (Å²) in [5, 5.41) is 3.25. The molecule has 2 heterocycles. The Morgan fingerprint density at radius 3 is 2.85 bits per heavy atom. The van der Waals surface area contributed by atoms with Gasteiger partial charge in [-0.3, -0.25) is 9.78 Å². The number of aromatic nitrogens is 1. The Labute approximate surface area is 192 Å². The molecule has 2 saturated carbocycles. The predicted octanol–water partition coefficient (Wildman–Crippen LogP) is 2.14. The van der Waals surface area contributed by atoms with Crippen molar-refractivity contribution in [1.29, 1.82) is 0 Å². The maximum atomic E-state index is 12.8. The van der Waals surface area contributed by atoms with Crippen molar-refractivity contribution >= 4 is 27.0 Å². The molecule has 3 fully saturated rings. The van der Waals surface area contributed by atoms with Gasteiger partial charge in [0.15, 0.2) is 5.58 Å². The van der Waals surface area contributed by atoms with Crippen LogP contribution >= 0.6 is 0 Å². The van der Waals surface area contributed by atoms with Gasteiger partial charge in [-0.05, 0) is 60.5 Å². The minimum atomic E-state index is -3.76. The van der Waals surface area contributed by atoms with E-state index >= 15 is 0 Å². The Morgan fingerprint density at radius 1 is 1.30 bits per heavy atom. The molecular formula is C23H31N3O6S. The van der Waals surface area contributed by atoms with E-state index in [2.05, 4.69) is 28.9 Å². The van der Waals surface area contributed by atoms with Gasteiger partial charge < -0.3 is 14.5 Å². The zero-order valence-corrected chi connectivity index (χ0v) is 20.0. The van der Waals surface area contributed by atoms with Gasteiger partial charge in [-0.2, -0.15) is 0 Å². The number of H-pyrrole nitrogens is 1. The molecule has 1 amide bonds. The number of ether oxygens (including phenoxy) is 1. The van der Waals surface area contributed by atoms with Crippen molar-refractivity contribution in [3.63, 3.8) is 0 Å². The van der Waals surface area contributed by atoms with Gasteiger partial charge in [0.05, 0.1) is 16.5 Å². The molecule has 9 nitrogen and oxygen atoms in total. The van der Waals surface area contributed by atoms with E-state index in [4.69, 9.17) is 9.15 Å². The molecule has 1 aromatic carbocycles. The number of aromatic amines is 1. The number of hydrogen-bond acceptors (Lipinski definition) is 6. The van der Waals surface area contributed by atoms with E-state index < -0.39 is 15.8 Å². The van der Waals surface area contributed by atoms with Crippen LogP contribution < -0.4 is 15.8 Å². The number of amides is 1. The molecule has 2 aliphatic carbocycles. The molecule has 0 radical (unpaired) electrons. The molecule has 0 unspecified atom stereocenters. The van der Waals surface area contributed by atoms with Gasteiger partial charge in [-0.25, -0.2) is 17.9 Å². The Bertz CT molecular complexity index is 1250. The monoisotopic (exact) mass is 477 g/mol. The lowest BCUT2D eigenvalue weighted by atomic mass is 9.59. The first-order chi connectivity index (χ1) is 15.5. The lowest BCUT2D eigenvalue weighted by Crippen LogP contribution is -2.60. The first-order valence-electron chi connectivity index (χ1n) is 11.5. The summed E-state index contributed by atoms with van der Waals surface area (Å²) in [4.78, 5) is 25.9. The van der Waals surface area contributed by atoms with Crippen LogP contribution in [0.1, 0.15) is 46.5 Å². The van der Waals surface area contributed by atoms with Gasteiger partial charge in [0.25, 0.3) is 0 Å². The number of oxazole rings is 1. The molecule has 2 bridgehead atoms. The van der Waals surface area contributed by atoms with Crippen LogP contribution in [0, 0.1) is 22.7 Å². The first-order valence-corrected chi connectivity index (χ1v) is 13.0. The van der Waals surface area contributed by atoms with Crippen LogP contribution in [0.5, 0.6) is 0 Å². The maximum Gasteiger partial charge on any atom is 0.417 e. The van der Waals surface area contributed by atoms with E-state index in [1.807, 2.05) is 0 Å². The molecule has 1 spiro atoms. The molecule has 1 aliphatic heterocycles. The van der Waals surface area contributed by atoms with E-state index in [0.29, 0.717) is 30.4 Å². The van der Waals surface area contributed by atoms with Crippen molar-refractivity contribution in [2.24, 2.45) is 22.7 Å². The Kier molecular flexibility index (Phi) is 5.26. The summed E-state index contributed by atoms with van der Waals surface area (Å²) in [6, 6.07) is 4.41. The molecular weight excluding hydrogens is 446 g/mol. The number of rotatable bonds is 6. The van der Waals surface area contributed by atoms with Crippen LogP contribution in [0.25, 0.3) is 11.1 Å². The largest absolute Gasteiger partial charge is 0.417 e. The zero-order valence-electron chi connectivity index (χ0n) is 19.1. The van der Waals surface area contributed by atoms with Gasteiger partial charge in [0.2, 0.25) is 15.9 Å². The summed E-state index contributed by atoms with van der Waals surface area (Å²) in [7, 11) is -3.76. The first kappa shape index (κ1) is 22.6. The zero-order chi connectivity index (χ0) is 23.6. The van der Waals surface area contributed by atoms with Crippen LogP contribution in [0.4, 0.5) is 0 Å². The van der Waals surface area contributed by atoms with Crippen LogP contribution in [-0.4, -0.2) is 44.6 Å². The molecule has 5 rings (SSSR count). The molecule has 1 saturated heterocycles. The minimum Gasteiger partial charge on any atom is -0.408 e. The SMILES string of the molecule is CC(=O)N[C@H]1C(C)(C)[C@@H]2C[C@@H]3[C@@H](CCNS(=O)(=O)c4ccc5[nH]c(=O)oc5c4)OCC[C@@]31C2. The molecule has 3 N–H and O–H groups in total. The quantitative estimate of drug-likeness (QED) is 0.584. The van der Waals surface area contributed by atoms with E-state index in [0.717, 1.165) is 19.3 Å². The van der Waals surface area contributed by atoms with Gasteiger partial charge in [-0.1, -0.05) is 13.8 Å². The van der Waals surface area contributed by atoms with Gasteiger partial charge in [-0.15, -0.1) is 0 Å². The summed E-state index contributed by atoms with van der Waals surface area (Å²) in [6.07, 6.45) is 3.57. The average molecular weight is 478 g/mol. The van der Waals surface area contributed by atoms with E-state index in [1.54, 1.807) is 6.92 Å². The third-order valence-electron chi connectivity index (χ3n) is 8.39. The van der Waals surface area contributed by atoms with Crippen molar-refractivity contribution in [3.05, 3.63) is 28.7 Å². The Morgan fingerprint density at radius 2 is 2.09 bits per heavy atom. The maximum absolute atomic E-state index is 12.8. The number of carbonyl (C=O) groups is 1. The lowest BCUT2D eigenvalue weighted by molar-refractivity contribution is -0.135. The van der Waals surface area contributed by atoms with Gasteiger partial charge in [0, 0.05) is 32.2 Å². The Hall–Kier alpha value is -2.17. The predicted molar refractivity (Wildman–Crippen MR) is 121 cm³/mol. The second-order valence-corrected chi connectivity index (χ2v) is 12.2. The fourth-order valence-electron chi connectivity index (χ4n) is 6.91. The topological polar surface area (TPSA) is 130 Å². The third kappa shape index (κ3) is 3.63. The summed E-state index contributed by atoms with van der Waals surface area (Å²) in [5.74, 6) is 0.196. The standard InChI is InChI=1S/C23H31N3O6S/c1-13(27)25-20-22(2,3)14-10-16-18(31-9-7-23(16,20)12-14)6-8-24-33(29,30)15-4-5-17-19(11-15)32-21(28)26-17/h4-5,11,14,16,18,20,24H,6-10,12H2,1-3H3,(H,25,27)(H,26,28)/t14-,16-,18-,20+,23-/m1/s1. The fourth-order valence-corrected chi connectivity index (χ4v) is 7.97. The van der Waals surface area contributed by atoms with Crippen molar-refractivity contribution in [2.45, 2.75) is 63.5 Å². The van der Waals surface area contributed by atoms with Gasteiger partial charge in [0.1, 0.15) is 0 Å². The smallest absolute Gasteiger partial charge is 0.408 e. The van der Waals surface area contributed by atoms with Crippen LogP contribution in [-0.2, 0) is 19.6 Å². The van der Waals surface area contributed by atoms with Crippen LogP contribution in [0.2, 0.25) is 0 Å². The van der Waals surface area contributed by atoms with E-state index in [9.17, 15) is 18.0 Å². The van der Waals surface area contributed by atoms with Crippen LogP contribution in [0.15, 0.2) is 32.3 Å². The number of benzene rings is 1. The summed E-state index contributed by atoms with van der Waals surface area (Å²) >= 11 is 0. The second kappa shape index (κ2) is 7.68. The molecule has 1 aromatic heterocycles. The molecule has 33 heavy (non-hydrogen) atoms. The van der Waals surface area contributed by atoms with Crippen LogP contribution in [0.3, 0.4) is 0 Å².